The highest BCUT2D eigenvalue weighted by Crippen LogP contribution is 2.39. The minimum atomic E-state index is -4.60. The predicted octanol–water partition coefficient (Wildman–Crippen LogP) is 2.75. The molecule has 4 aromatic rings. The minimum absolute atomic E-state index is 0.0181. The number of anilines is 2. The summed E-state index contributed by atoms with van der Waals surface area (Å²) in [6, 6.07) is 7.42. The van der Waals surface area contributed by atoms with E-state index in [1.165, 1.54) is 36.4 Å². The molecule has 0 fully saturated rings. The smallest absolute Gasteiger partial charge is 0.329 e. The molecule has 0 saturated carbocycles. The number of carbonyl (C=O) groups is 2. The van der Waals surface area contributed by atoms with Crippen LogP contribution in [0.5, 0.6) is 0 Å². The van der Waals surface area contributed by atoms with Gasteiger partial charge in [-0.05, 0) is 36.4 Å². The van der Waals surface area contributed by atoms with Gasteiger partial charge in [-0.1, -0.05) is 13.8 Å². The van der Waals surface area contributed by atoms with E-state index in [9.17, 15) is 27.2 Å². The third-order valence-electron chi connectivity index (χ3n) is 5.37. The summed E-state index contributed by atoms with van der Waals surface area (Å²) in [6.45, 7) is 0.993. The highest BCUT2D eigenvalue weighted by atomic mass is 19.3. The van der Waals surface area contributed by atoms with Gasteiger partial charge in [-0.25, -0.2) is 9.97 Å². The van der Waals surface area contributed by atoms with Gasteiger partial charge in [-0.3, -0.25) is 9.59 Å². The molecular formula is C22H24F4N8O2. The minimum Gasteiger partial charge on any atom is -0.369 e. The van der Waals surface area contributed by atoms with Crippen LogP contribution in [0, 0.1) is 0 Å². The topological polar surface area (TPSA) is 174 Å². The van der Waals surface area contributed by atoms with Crippen LogP contribution in [0.25, 0.3) is 22.1 Å². The van der Waals surface area contributed by atoms with Gasteiger partial charge in [0.1, 0.15) is 0 Å². The normalized spacial score (nSPS) is 11.9. The van der Waals surface area contributed by atoms with Crippen LogP contribution >= 0.6 is 0 Å². The quantitative estimate of drug-likeness (QED) is 0.279. The number of nitrogens with zero attached hydrogens (tertiary/aromatic N) is 4. The second-order valence-corrected chi connectivity index (χ2v) is 7.66. The number of halogens is 4. The second-order valence-electron chi connectivity index (χ2n) is 7.66. The molecule has 4 rings (SSSR count). The van der Waals surface area contributed by atoms with Gasteiger partial charge in [-0.2, -0.15) is 17.6 Å². The van der Waals surface area contributed by atoms with Gasteiger partial charge >= 0.3 is 11.8 Å². The van der Waals surface area contributed by atoms with Gasteiger partial charge in [0, 0.05) is 11.1 Å². The Bertz CT molecular complexity index is 1350. The Balaban J connectivity index is 0.00000176. The van der Waals surface area contributed by atoms with E-state index in [-0.39, 0.29) is 33.2 Å². The predicted molar refractivity (Wildman–Crippen MR) is 127 cm³/mol. The van der Waals surface area contributed by atoms with Gasteiger partial charge in [0.25, 0.3) is 0 Å². The van der Waals surface area contributed by atoms with Crippen LogP contribution in [-0.2, 0) is 13.1 Å². The first-order valence-corrected chi connectivity index (χ1v) is 10.7. The molecule has 0 aliphatic rings. The first kappa shape index (κ1) is 26.2. The molecule has 0 unspecified atom stereocenters. The van der Waals surface area contributed by atoms with Crippen LogP contribution < -0.4 is 22.9 Å². The third kappa shape index (κ3) is 4.61. The average Bonchev–Trinajstić information content (AvgIpc) is 3.28. The van der Waals surface area contributed by atoms with Crippen molar-refractivity contribution in [3.8, 4) is 0 Å². The molecule has 192 valence electrons. The second kappa shape index (κ2) is 9.36. The summed E-state index contributed by atoms with van der Waals surface area (Å²) in [6.07, 6.45) is 0. The molecule has 14 heteroatoms. The molecule has 0 aliphatic heterocycles. The number of hydrogen-bond acceptors (Lipinski definition) is 6. The van der Waals surface area contributed by atoms with Crippen molar-refractivity contribution in [1.82, 2.24) is 19.1 Å². The lowest BCUT2D eigenvalue weighted by Crippen LogP contribution is -2.47. The maximum Gasteiger partial charge on any atom is 0.329 e. The van der Waals surface area contributed by atoms with Crippen molar-refractivity contribution in [2.24, 2.45) is 11.5 Å². The van der Waals surface area contributed by atoms with Crippen molar-refractivity contribution in [1.29, 1.82) is 0 Å². The summed E-state index contributed by atoms with van der Waals surface area (Å²) in [5.74, 6) is -11.7. The summed E-state index contributed by atoms with van der Waals surface area (Å²) in [5.41, 5.74) is 22.0. The number of imidazole rings is 2. The highest BCUT2D eigenvalue weighted by Gasteiger charge is 2.57. The van der Waals surface area contributed by atoms with E-state index >= 15 is 0 Å². The van der Waals surface area contributed by atoms with Gasteiger partial charge in [0.05, 0.1) is 35.2 Å². The number of fused-ring (bicyclic) bond motifs is 2. The van der Waals surface area contributed by atoms with Gasteiger partial charge in [0.15, 0.2) is 0 Å². The summed E-state index contributed by atoms with van der Waals surface area (Å²) in [5, 5.41) is 0. The van der Waals surface area contributed by atoms with E-state index in [2.05, 4.69) is 9.97 Å². The van der Waals surface area contributed by atoms with Crippen LogP contribution in [0.4, 0.5) is 29.5 Å². The molecule has 0 bridgehead atoms. The first-order chi connectivity index (χ1) is 16.8. The molecule has 0 saturated heterocycles. The summed E-state index contributed by atoms with van der Waals surface area (Å²) >= 11 is 0. The van der Waals surface area contributed by atoms with Gasteiger partial charge in [-0.15, -0.1) is 0 Å². The molecule has 0 radical (unpaired) electrons. The van der Waals surface area contributed by atoms with Gasteiger partial charge in [0.2, 0.25) is 23.7 Å². The molecule has 0 atom stereocenters. The molecule has 2 amide bonds. The van der Waals surface area contributed by atoms with E-state index in [0.29, 0.717) is 0 Å². The maximum atomic E-state index is 14.9. The van der Waals surface area contributed by atoms with Crippen LogP contribution in [0.2, 0.25) is 0 Å². The molecule has 2 aromatic heterocycles. The van der Waals surface area contributed by atoms with E-state index < -0.39 is 48.6 Å². The van der Waals surface area contributed by atoms with Crippen molar-refractivity contribution in [3.05, 3.63) is 47.5 Å². The largest absolute Gasteiger partial charge is 0.369 e. The Morgan fingerprint density at radius 1 is 0.750 bits per heavy atom. The Morgan fingerprint density at radius 2 is 1.08 bits per heavy atom. The fourth-order valence-corrected chi connectivity index (χ4v) is 3.56. The van der Waals surface area contributed by atoms with Crippen LogP contribution in [-0.4, -0.2) is 42.8 Å². The van der Waals surface area contributed by atoms with Crippen molar-refractivity contribution in [2.75, 3.05) is 11.5 Å². The van der Waals surface area contributed by atoms with E-state index in [1.807, 2.05) is 13.8 Å². The molecule has 0 aliphatic carbocycles. The molecule has 36 heavy (non-hydrogen) atoms. The Morgan fingerprint density at radius 3 is 1.39 bits per heavy atom. The summed E-state index contributed by atoms with van der Waals surface area (Å²) in [7, 11) is 0. The fourth-order valence-electron chi connectivity index (χ4n) is 3.56. The number of rotatable bonds is 7. The molecule has 2 heterocycles. The van der Waals surface area contributed by atoms with Crippen molar-refractivity contribution < 1.29 is 27.2 Å². The number of primary amides is 2. The lowest BCUT2D eigenvalue weighted by Gasteiger charge is -2.28. The number of nitrogen functional groups attached to an aromatic ring is 2. The summed E-state index contributed by atoms with van der Waals surface area (Å²) < 4.78 is 61.1. The average molecular weight is 508 g/mol. The fraction of sp³-hybridized carbons (Fsp3) is 0.273. The zero-order valence-electron chi connectivity index (χ0n) is 19.3. The van der Waals surface area contributed by atoms with Crippen LogP contribution in [0.1, 0.15) is 34.6 Å². The van der Waals surface area contributed by atoms with Crippen LogP contribution in [0.15, 0.2) is 36.4 Å². The third-order valence-corrected chi connectivity index (χ3v) is 5.37. The Labute approximate surface area is 201 Å². The number of carbonyl (C=O) groups excluding carboxylic acids is 2. The number of hydrogen-bond donors (Lipinski definition) is 4. The van der Waals surface area contributed by atoms with E-state index in [4.69, 9.17) is 22.9 Å². The Hall–Kier alpha value is -4.36. The molecule has 10 nitrogen and oxygen atoms in total. The van der Waals surface area contributed by atoms with Crippen molar-refractivity contribution >= 4 is 45.8 Å². The van der Waals surface area contributed by atoms with Crippen molar-refractivity contribution in [2.45, 2.75) is 38.8 Å². The standard InChI is InChI=1S/C20H18F4N8O2.C2H6/c21-19(22,7-31-13-3-1-9(15(25)33)5-11(13)29-17(31)27)20(23,24)8-32-14-4-2-10(16(26)34)6-12(14)30-18(32)28;1-2/h1-6H,7-8H2,(H2,25,33)(H2,26,34)(H2,27,29)(H2,28,30);1-2H3. The van der Waals surface area contributed by atoms with E-state index in [0.717, 1.165) is 9.13 Å². The number of benzene rings is 2. The first-order valence-electron chi connectivity index (χ1n) is 10.7. The highest BCUT2D eigenvalue weighted by molar-refractivity contribution is 5.97. The zero-order valence-corrected chi connectivity index (χ0v) is 19.3. The zero-order chi connectivity index (χ0) is 27.0. The van der Waals surface area contributed by atoms with Crippen molar-refractivity contribution in [3.63, 3.8) is 0 Å². The monoisotopic (exact) mass is 508 g/mol. The maximum absolute atomic E-state index is 14.9. The van der Waals surface area contributed by atoms with Crippen LogP contribution in [0.3, 0.4) is 0 Å². The Kier molecular flexibility index (Phi) is 6.82. The molecule has 0 spiro atoms. The SMILES string of the molecule is CC.NC(=O)c1ccc2c(c1)nc(N)n2CC(F)(F)C(F)(F)Cn1c(N)nc2cc(C(N)=O)ccc21. The summed E-state index contributed by atoms with van der Waals surface area (Å²) in [4.78, 5) is 30.3. The molecule has 2 aromatic carbocycles. The molecule has 8 N–H and O–H groups in total. The van der Waals surface area contributed by atoms with E-state index in [1.54, 1.807) is 0 Å². The molecular weight excluding hydrogens is 484 g/mol. The number of nitrogens with two attached hydrogens (primary N) is 4. The number of alkyl halides is 4. The lowest BCUT2D eigenvalue weighted by atomic mass is 10.1. The number of aromatic nitrogens is 4. The van der Waals surface area contributed by atoms with Gasteiger partial charge < -0.3 is 32.1 Å². The lowest BCUT2D eigenvalue weighted by molar-refractivity contribution is -0.220. The number of amides is 2.